The topological polar surface area (TPSA) is 12.0 Å². The minimum absolute atomic E-state index is 0.148. The van der Waals surface area contributed by atoms with E-state index in [4.69, 9.17) is 11.6 Å². The summed E-state index contributed by atoms with van der Waals surface area (Å²) in [6.45, 7) is 0.552. The summed E-state index contributed by atoms with van der Waals surface area (Å²) in [5.41, 5.74) is 1.94. The Morgan fingerprint density at radius 1 is 1.10 bits per heavy atom. The Kier molecular flexibility index (Phi) is 4.04. The Morgan fingerprint density at radius 3 is 2.45 bits per heavy atom. The van der Waals surface area contributed by atoms with E-state index in [-0.39, 0.29) is 11.9 Å². The van der Waals surface area contributed by atoms with Crippen molar-refractivity contribution in [2.45, 2.75) is 25.4 Å². The number of benzene rings is 2. The van der Waals surface area contributed by atoms with E-state index in [1.54, 1.807) is 6.07 Å². The zero-order chi connectivity index (χ0) is 13.9. The van der Waals surface area contributed by atoms with Crippen molar-refractivity contribution >= 4 is 11.6 Å². The zero-order valence-corrected chi connectivity index (χ0v) is 11.9. The van der Waals surface area contributed by atoms with Gasteiger partial charge in [0, 0.05) is 23.2 Å². The molecule has 1 nitrogen and oxygen atoms in total. The Balaban J connectivity index is 1.72. The summed E-state index contributed by atoms with van der Waals surface area (Å²) in [6, 6.07) is 15.1. The number of rotatable bonds is 5. The smallest absolute Gasteiger partial charge is 0.127 e. The first-order valence-electron chi connectivity index (χ1n) is 6.96. The van der Waals surface area contributed by atoms with Gasteiger partial charge < -0.3 is 5.32 Å². The molecule has 1 unspecified atom stereocenters. The molecule has 1 saturated carbocycles. The molecular formula is C17H17ClFN. The van der Waals surface area contributed by atoms with Gasteiger partial charge in [-0.3, -0.25) is 0 Å². The standard InChI is InChI=1S/C17H17ClFN/c18-15-9-7-13(8-10-15)17(12-5-6-12)20-11-14-3-1-2-4-16(14)19/h1-4,7-10,12,17,20H,5-6,11H2. The number of hydrogen-bond donors (Lipinski definition) is 1. The van der Waals surface area contributed by atoms with E-state index in [2.05, 4.69) is 17.4 Å². The van der Waals surface area contributed by atoms with E-state index in [0.717, 1.165) is 5.02 Å². The van der Waals surface area contributed by atoms with Gasteiger partial charge in [-0.15, -0.1) is 0 Å². The molecule has 0 amide bonds. The second kappa shape index (κ2) is 5.94. The fourth-order valence-electron chi connectivity index (χ4n) is 2.52. The first-order chi connectivity index (χ1) is 9.74. The summed E-state index contributed by atoms with van der Waals surface area (Å²) >= 11 is 5.94. The van der Waals surface area contributed by atoms with E-state index in [9.17, 15) is 4.39 Å². The molecule has 0 bridgehead atoms. The van der Waals surface area contributed by atoms with Crippen LogP contribution in [0.5, 0.6) is 0 Å². The van der Waals surface area contributed by atoms with Crippen molar-refractivity contribution < 1.29 is 4.39 Å². The molecule has 0 spiro atoms. The highest BCUT2D eigenvalue weighted by Crippen LogP contribution is 2.41. The van der Waals surface area contributed by atoms with E-state index >= 15 is 0 Å². The predicted octanol–water partition coefficient (Wildman–Crippen LogP) is 4.72. The van der Waals surface area contributed by atoms with Crippen LogP contribution < -0.4 is 5.32 Å². The molecule has 104 valence electrons. The third-order valence-corrected chi connectivity index (χ3v) is 4.04. The second-order valence-electron chi connectivity index (χ2n) is 5.34. The number of nitrogens with one attached hydrogen (secondary N) is 1. The highest BCUT2D eigenvalue weighted by atomic mass is 35.5. The molecule has 0 radical (unpaired) electrons. The van der Waals surface area contributed by atoms with E-state index < -0.39 is 0 Å². The Labute approximate surface area is 123 Å². The van der Waals surface area contributed by atoms with Crippen LogP contribution in [-0.4, -0.2) is 0 Å². The molecular weight excluding hydrogens is 273 g/mol. The first kappa shape index (κ1) is 13.6. The largest absolute Gasteiger partial charge is 0.306 e. The molecule has 0 aromatic heterocycles. The third kappa shape index (κ3) is 3.20. The maximum atomic E-state index is 13.7. The molecule has 1 atom stereocenters. The lowest BCUT2D eigenvalue weighted by Crippen LogP contribution is -2.23. The number of halogens is 2. The molecule has 1 aliphatic carbocycles. The van der Waals surface area contributed by atoms with Gasteiger partial charge in [0.05, 0.1) is 0 Å². The van der Waals surface area contributed by atoms with Crippen LogP contribution in [0.1, 0.15) is 30.0 Å². The zero-order valence-electron chi connectivity index (χ0n) is 11.2. The Hall–Kier alpha value is -1.38. The minimum atomic E-state index is -0.148. The van der Waals surface area contributed by atoms with E-state index in [1.165, 1.54) is 24.5 Å². The summed E-state index contributed by atoms with van der Waals surface area (Å²) in [7, 11) is 0. The lowest BCUT2D eigenvalue weighted by Gasteiger charge is -2.19. The fourth-order valence-corrected chi connectivity index (χ4v) is 2.64. The predicted molar refractivity (Wildman–Crippen MR) is 80.2 cm³/mol. The second-order valence-corrected chi connectivity index (χ2v) is 5.78. The van der Waals surface area contributed by atoms with Gasteiger partial charge in [-0.2, -0.15) is 0 Å². The van der Waals surface area contributed by atoms with Gasteiger partial charge in [-0.05, 0) is 42.5 Å². The molecule has 1 aliphatic rings. The molecule has 1 N–H and O–H groups in total. The first-order valence-corrected chi connectivity index (χ1v) is 7.34. The average Bonchev–Trinajstić information content (AvgIpc) is 3.27. The molecule has 1 fully saturated rings. The van der Waals surface area contributed by atoms with Crippen LogP contribution in [0.3, 0.4) is 0 Å². The quantitative estimate of drug-likeness (QED) is 0.840. The van der Waals surface area contributed by atoms with Gasteiger partial charge in [0.2, 0.25) is 0 Å². The number of hydrogen-bond acceptors (Lipinski definition) is 1. The van der Waals surface area contributed by atoms with Gasteiger partial charge in [-0.1, -0.05) is 41.9 Å². The van der Waals surface area contributed by atoms with Gasteiger partial charge in [0.15, 0.2) is 0 Å². The average molecular weight is 290 g/mol. The van der Waals surface area contributed by atoms with E-state index in [0.29, 0.717) is 18.0 Å². The van der Waals surface area contributed by atoms with Gasteiger partial charge >= 0.3 is 0 Å². The van der Waals surface area contributed by atoms with Crippen LogP contribution in [0.2, 0.25) is 5.02 Å². The highest BCUT2D eigenvalue weighted by molar-refractivity contribution is 6.30. The molecule has 20 heavy (non-hydrogen) atoms. The van der Waals surface area contributed by atoms with Crippen molar-refractivity contribution in [2.75, 3.05) is 0 Å². The van der Waals surface area contributed by atoms with Gasteiger partial charge in [-0.25, -0.2) is 4.39 Å². The van der Waals surface area contributed by atoms with Crippen LogP contribution in [0.25, 0.3) is 0 Å². The lowest BCUT2D eigenvalue weighted by atomic mass is 10.0. The van der Waals surface area contributed by atoms with Crippen molar-refractivity contribution in [3.8, 4) is 0 Å². The van der Waals surface area contributed by atoms with Crippen LogP contribution in [0.4, 0.5) is 4.39 Å². The van der Waals surface area contributed by atoms with Crippen molar-refractivity contribution in [1.29, 1.82) is 0 Å². The molecule has 2 aromatic carbocycles. The lowest BCUT2D eigenvalue weighted by molar-refractivity contribution is 0.471. The fraction of sp³-hybridized carbons (Fsp3) is 0.294. The SMILES string of the molecule is Fc1ccccc1CNC(c1ccc(Cl)cc1)C1CC1. The summed E-state index contributed by atoms with van der Waals surface area (Å²) in [5.74, 6) is 0.508. The third-order valence-electron chi connectivity index (χ3n) is 3.79. The monoisotopic (exact) mass is 289 g/mol. The molecule has 0 aliphatic heterocycles. The normalized spacial score (nSPS) is 16.1. The molecule has 0 heterocycles. The van der Waals surface area contributed by atoms with Crippen LogP contribution in [-0.2, 0) is 6.54 Å². The van der Waals surface area contributed by atoms with E-state index in [1.807, 2.05) is 24.3 Å². The highest BCUT2D eigenvalue weighted by Gasteiger charge is 2.31. The van der Waals surface area contributed by atoms with Crippen molar-refractivity contribution in [2.24, 2.45) is 5.92 Å². The molecule has 2 aromatic rings. The Bertz CT molecular complexity index is 578. The Morgan fingerprint density at radius 2 is 1.80 bits per heavy atom. The van der Waals surface area contributed by atoms with Crippen LogP contribution >= 0.6 is 11.6 Å². The van der Waals surface area contributed by atoms with Crippen molar-refractivity contribution in [3.63, 3.8) is 0 Å². The summed E-state index contributed by atoms with van der Waals surface area (Å²) < 4.78 is 13.7. The van der Waals surface area contributed by atoms with Crippen molar-refractivity contribution in [1.82, 2.24) is 5.32 Å². The maximum absolute atomic E-state index is 13.7. The van der Waals surface area contributed by atoms with Crippen LogP contribution in [0, 0.1) is 11.7 Å². The summed E-state index contributed by atoms with van der Waals surface area (Å²) in [6.07, 6.45) is 2.47. The van der Waals surface area contributed by atoms with Crippen molar-refractivity contribution in [3.05, 3.63) is 70.5 Å². The summed E-state index contributed by atoms with van der Waals surface area (Å²) in [5, 5.41) is 4.24. The van der Waals surface area contributed by atoms with Crippen LogP contribution in [0.15, 0.2) is 48.5 Å². The molecule has 0 saturated heterocycles. The van der Waals surface area contributed by atoms with Gasteiger partial charge in [0.1, 0.15) is 5.82 Å². The molecule has 3 heteroatoms. The van der Waals surface area contributed by atoms with Gasteiger partial charge in [0.25, 0.3) is 0 Å². The molecule has 3 rings (SSSR count). The maximum Gasteiger partial charge on any atom is 0.127 e. The summed E-state index contributed by atoms with van der Waals surface area (Å²) in [4.78, 5) is 0. The minimum Gasteiger partial charge on any atom is -0.306 e.